The van der Waals surface area contributed by atoms with Crippen LogP contribution in [0.15, 0.2) is 83.9 Å². The van der Waals surface area contributed by atoms with Crippen LogP contribution >= 0.6 is 0 Å². The summed E-state index contributed by atoms with van der Waals surface area (Å²) < 4.78 is 0. The first-order valence-corrected chi connectivity index (χ1v) is 8.32. The third-order valence-electron chi connectivity index (χ3n) is 3.42. The molecule has 0 radical (unpaired) electrons. The van der Waals surface area contributed by atoms with Crippen LogP contribution in [0.3, 0.4) is 0 Å². The van der Waals surface area contributed by atoms with Gasteiger partial charge in [0.1, 0.15) is 0 Å². The number of hydrogen-bond acceptors (Lipinski definition) is 1. The Morgan fingerprint density at radius 3 is 2.38 bits per heavy atom. The summed E-state index contributed by atoms with van der Waals surface area (Å²) >= 11 is 0. The van der Waals surface area contributed by atoms with E-state index in [4.69, 9.17) is 0 Å². The maximum Gasteiger partial charge on any atom is 0.0398 e. The van der Waals surface area contributed by atoms with Crippen LogP contribution in [-0.2, 0) is 0 Å². The Morgan fingerprint density at radius 2 is 1.62 bits per heavy atom. The van der Waals surface area contributed by atoms with Gasteiger partial charge in [-0.1, -0.05) is 72.5 Å². The van der Waals surface area contributed by atoms with Crippen molar-refractivity contribution in [3.8, 4) is 23.0 Å². The maximum atomic E-state index is 4.32. The van der Waals surface area contributed by atoms with Crippen LogP contribution in [0.2, 0.25) is 0 Å². The molecular weight excluding hydrogens is 290 g/mol. The van der Waals surface area contributed by atoms with Gasteiger partial charge >= 0.3 is 0 Å². The minimum atomic E-state index is 0.821. The van der Waals surface area contributed by atoms with E-state index in [1.54, 1.807) is 0 Å². The fourth-order valence-corrected chi connectivity index (χ4v) is 2.16. The van der Waals surface area contributed by atoms with Crippen molar-refractivity contribution in [2.24, 2.45) is 4.99 Å². The van der Waals surface area contributed by atoms with E-state index in [2.05, 4.69) is 65.4 Å². The Bertz CT molecular complexity index is 738. The molecule has 1 heteroatoms. The molecule has 0 saturated carbocycles. The summed E-state index contributed by atoms with van der Waals surface area (Å²) in [5.74, 6) is 6.44. The van der Waals surface area contributed by atoms with Crippen LogP contribution in [0, 0.1) is 11.8 Å². The first-order valence-electron chi connectivity index (χ1n) is 8.32. The molecule has 0 saturated heterocycles. The topological polar surface area (TPSA) is 12.4 Å². The average molecular weight is 313 g/mol. The summed E-state index contributed by atoms with van der Waals surface area (Å²) in [7, 11) is 0. The largest absolute Gasteiger partial charge is 0.293 e. The molecule has 0 aliphatic heterocycles. The lowest BCUT2D eigenvalue weighted by molar-refractivity contribution is 0.874. The van der Waals surface area contributed by atoms with Crippen molar-refractivity contribution in [1.29, 1.82) is 0 Å². The van der Waals surface area contributed by atoms with Crippen molar-refractivity contribution in [2.75, 3.05) is 6.54 Å². The molecule has 0 N–H and O–H groups in total. The molecule has 1 nitrogen and oxygen atoms in total. The van der Waals surface area contributed by atoms with Gasteiger partial charge in [-0.25, -0.2) is 0 Å². The number of hydrogen-bond donors (Lipinski definition) is 0. The highest BCUT2D eigenvalue weighted by Gasteiger charge is 1.95. The second-order valence-corrected chi connectivity index (χ2v) is 5.31. The van der Waals surface area contributed by atoms with Gasteiger partial charge < -0.3 is 0 Å². The Balaban J connectivity index is 1.76. The number of rotatable bonds is 6. The van der Waals surface area contributed by atoms with Crippen LogP contribution < -0.4 is 0 Å². The molecule has 0 spiro atoms. The van der Waals surface area contributed by atoms with E-state index in [9.17, 15) is 0 Å². The second-order valence-electron chi connectivity index (χ2n) is 5.31. The Hall–Kier alpha value is -2.85. The normalized spacial score (nSPS) is 11.2. The van der Waals surface area contributed by atoms with E-state index in [-0.39, 0.29) is 0 Å². The lowest BCUT2D eigenvalue weighted by atomic mass is 10.0. The number of aliphatic imine (C=N–C) groups is 1. The predicted molar refractivity (Wildman–Crippen MR) is 105 cm³/mol. The Morgan fingerprint density at radius 1 is 0.875 bits per heavy atom. The van der Waals surface area contributed by atoms with Crippen molar-refractivity contribution >= 4 is 6.21 Å². The molecule has 2 aromatic rings. The fourth-order valence-electron chi connectivity index (χ4n) is 2.16. The van der Waals surface area contributed by atoms with Crippen molar-refractivity contribution in [3.05, 3.63) is 84.5 Å². The lowest BCUT2D eigenvalue weighted by Gasteiger charge is -2.00. The van der Waals surface area contributed by atoms with Crippen LogP contribution in [-0.4, -0.2) is 12.8 Å². The van der Waals surface area contributed by atoms with Gasteiger partial charge in [0, 0.05) is 24.7 Å². The van der Waals surface area contributed by atoms with Crippen molar-refractivity contribution in [3.63, 3.8) is 0 Å². The van der Waals surface area contributed by atoms with Crippen LogP contribution in [0.5, 0.6) is 0 Å². The van der Waals surface area contributed by atoms with Gasteiger partial charge in [0.2, 0.25) is 0 Å². The summed E-state index contributed by atoms with van der Waals surface area (Å²) in [4.78, 5) is 4.32. The predicted octanol–water partition coefficient (Wildman–Crippen LogP) is 5.69. The monoisotopic (exact) mass is 313 g/mol. The summed E-state index contributed by atoms with van der Waals surface area (Å²) in [6, 6.07) is 18.8. The number of nitrogens with zero attached hydrogens (tertiary/aromatic N) is 1. The Labute approximate surface area is 145 Å². The Kier molecular flexibility index (Phi) is 7.88. The van der Waals surface area contributed by atoms with Crippen LogP contribution in [0.4, 0.5) is 0 Å². The second kappa shape index (κ2) is 10.8. The first kappa shape index (κ1) is 17.5. The third-order valence-corrected chi connectivity index (χ3v) is 3.42. The summed E-state index contributed by atoms with van der Waals surface area (Å²) in [5.41, 5.74) is 3.52. The van der Waals surface area contributed by atoms with Gasteiger partial charge in [-0.15, -0.1) is 0 Å². The first-order chi connectivity index (χ1) is 11.9. The standard InChI is InChI=1S/C23H23N/c1-2-3-4-10-19-24-20-11-6-7-12-21-15-17-23(18-16-21)22-13-8-5-9-14-22/h2-5,8-10,13-19H,6,11,20H2,1H3/b3-2-,10-4-,24-19?. The maximum absolute atomic E-state index is 4.32. The van der Waals surface area contributed by atoms with Gasteiger partial charge in [0.05, 0.1) is 0 Å². The molecule has 24 heavy (non-hydrogen) atoms. The molecule has 0 atom stereocenters. The summed E-state index contributed by atoms with van der Waals surface area (Å²) in [6.07, 6.45) is 11.6. The molecule has 120 valence electrons. The zero-order valence-corrected chi connectivity index (χ0v) is 14.2. The van der Waals surface area contributed by atoms with Crippen molar-refractivity contribution in [2.45, 2.75) is 19.8 Å². The minimum absolute atomic E-state index is 0.821. The number of allylic oxidation sites excluding steroid dienone is 4. The van der Waals surface area contributed by atoms with E-state index < -0.39 is 0 Å². The quantitative estimate of drug-likeness (QED) is 0.281. The molecule has 0 bridgehead atoms. The molecule has 0 fully saturated rings. The molecule has 2 aromatic carbocycles. The molecule has 0 aliphatic rings. The number of benzene rings is 2. The summed E-state index contributed by atoms with van der Waals surface area (Å²) in [5, 5.41) is 0. The lowest BCUT2D eigenvalue weighted by Crippen LogP contribution is -1.81. The zero-order valence-electron chi connectivity index (χ0n) is 14.2. The molecule has 0 aliphatic carbocycles. The highest BCUT2D eigenvalue weighted by molar-refractivity contribution is 5.71. The smallest absolute Gasteiger partial charge is 0.0398 e. The van der Waals surface area contributed by atoms with E-state index in [0.29, 0.717) is 0 Å². The molecule has 2 rings (SSSR count). The van der Waals surface area contributed by atoms with E-state index >= 15 is 0 Å². The third kappa shape index (κ3) is 6.50. The molecule has 0 heterocycles. The van der Waals surface area contributed by atoms with E-state index in [1.807, 2.05) is 43.5 Å². The number of unbranched alkanes of at least 4 members (excludes halogenated alkanes) is 1. The summed E-state index contributed by atoms with van der Waals surface area (Å²) in [6.45, 7) is 2.82. The van der Waals surface area contributed by atoms with Crippen molar-refractivity contribution < 1.29 is 0 Å². The molecular formula is C23H23N. The van der Waals surface area contributed by atoms with Gasteiger partial charge in [-0.2, -0.15) is 0 Å². The molecule has 0 amide bonds. The average Bonchev–Trinajstić information content (AvgIpc) is 2.64. The zero-order chi connectivity index (χ0) is 16.9. The molecule has 0 aromatic heterocycles. The SMILES string of the molecule is C/C=C\C=C/C=NCCCC#Cc1ccc(-c2ccccc2)cc1. The van der Waals surface area contributed by atoms with Crippen LogP contribution in [0.25, 0.3) is 11.1 Å². The van der Waals surface area contributed by atoms with E-state index in [1.165, 1.54) is 11.1 Å². The minimum Gasteiger partial charge on any atom is -0.293 e. The fraction of sp³-hybridized carbons (Fsp3) is 0.174. The van der Waals surface area contributed by atoms with Gasteiger partial charge in [0.15, 0.2) is 0 Å². The molecule has 0 unspecified atom stereocenters. The van der Waals surface area contributed by atoms with Gasteiger partial charge in [0.25, 0.3) is 0 Å². The van der Waals surface area contributed by atoms with Gasteiger partial charge in [-0.3, -0.25) is 4.99 Å². The van der Waals surface area contributed by atoms with Gasteiger partial charge in [-0.05, 0) is 42.7 Å². The van der Waals surface area contributed by atoms with Crippen LogP contribution in [0.1, 0.15) is 25.3 Å². The highest BCUT2D eigenvalue weighted by Crippen LogP contribution is 2.18. The highest BCUT2D eigenvalue weighted by atomic mass is 14.7. The van der Waals surface area contributed by atoms with Crippen molar-refractivity contribution in [1.82, 2.24) is 0 Å². The van der Waals surface area contributed by atoms with E-state index in [0.717, 1.165) is 24.9 Å².